The monoisotopic (exact) mass is 351 g/mol. The zero-order chi connectivity index (χ0) is 17.3. The summed E-state index contributed by atoms with van der Waals surface area (Å²) in [5.74, 6) is 0.0757. The van der Waals surface area contributed by atoms with Crippen molar-refractivity contribution in [3.05, 3.63) is 29.8 Å². The molecule has 132 valence electrons. The summed E-state index contributed by atoms with van der Waals surface area (Å²) >= 11 is 0. The third kappa shape index (κ3) is 3.57. The number of piperazine rings is 1. The highest BCUT2D eigenvalue weighted by Crippen LogP contribution is 2.30. The molecule has 3 rings (SSSR count). The molecule has 1 aromatic rings. The summed E-state index contributed by atoms with van der Waals surface area (Å²) in [6, 6.07) is 8.60. The van der Waals surface area contributed by atoms with Crippen LogP contribution in [0.4, 0.5) is 5.69 Å². The van der Waals surface area contributed by atoms with Crippen LogP contribution in [0.15, 0.2) is 24.3 Å². The second-order valence-corrected chi connectivity index (χ2v) is 8.67. The number of carbonyl (C=O) groups excluding carboxylic acids is 1. The molecule has 0 aliphatic carbocycles. The van der Waals surface area contributed by atoms with Gasteiger partial charge in [0.15, 0.2) is 0 Å². The highest BCUT2D eigenvalue weighted by atomic mass is 32.2. The van der Waals surface area contributed by atoms with Gasteiger partial charge in [0.2, 0.25) is 15.9 Å². The van der Waals surface area contributed by atoms with E-state index in [-0.39, 0.29) is 5.91 Å². The van der Waals surface area contributed by atoms with Crippen molar-refractivity contribution in [2.45, 2.75) is 25.8 Å². The molecule has 1 unspecified atom stereocenters. The normalized spacial score (nSPS) is 22.3. The summed E-state index contributed by atoms with van der Waals surface area (Å²) in [4.78, 5) is 16.7. The molecule has 0 saturated carbocycles. The lowest BCUT2D eigenvalue weighted by Crippen LogP contribution is -2.53. The van der Waals surface area contributed by atoms with Gasteiger partial charge in [-0.05, 0) is 31.4 Å². The summed E-state index contributed by atoms with van der Waals surface area (Å²) in [5.41, 5.74) is 2.45. The van der Waals surface area contributed by atoms with Gasteiger partial charge in [0.25, 0.3) is 0 Å². The number of benzene rings is 1. The largest absolute Gasteiger partial charge is 0.359 e. The second-order valence-electron chi connectivity index (χ2n) is 6.69. The van der Waals surface area contributed by atoms with Gasteiger partial charge in [0.05, 0.1) is 12.8 Å². The molecule has 1 saturated heterocycles. The van der Waals surface area contributed by atoms with Gasteiger partial charge >= 0.3 is 0 Å². The number of para-hydroxylation sites is 1. The van der Waals surface area contributed by atoms with Crippen molar-refractivity contribution in [1.82, 2.24) is 9.21 Å². The molecular formula is C17H25N3O3S. The van der Waals surface area contributed by atoms with Gasteiger partial charge in [0, 0.05) is 37.9 Å². The second kappa shape index (κ2) is 6.72. The Morgan fingerprint density at radius 2 is 1.83 bits per heavy atom. The van der Waals surface area contributed by atoms with E-state index in [9.17, 15) is 13.2 Å². The number of fused-ring (bicyclic) bond motifs is 1. The Labute approximate surface area is 144 Å². The lowest BCUT2D eigenvalue weighted by molar-refractivity contribution is -0.131. The minimum atomic E-state index is -3.17. The highest BCUT2D eigenvalue weighted by molar-refractivity contribution is 7.88. The van der Waals surface area contributed by atoms with Gasteiger partial charge in [0.1, 0.15) is 0 Å². The van der Waals surface area contributed by atoms with E-state index in [0.29, 0.717) is 38.8 Å². The van der Waals surface area contributed by atoms with Crippen molar-refractivity contribution in [2.24, 2.45) is 0 Å². The first-order valence-corrected chi connectivity index (χ1v) is 10.3. The molecule has 0 radical (unpaired) electrons. The zero-order valence-corrected chi connectivity index (χ0v) is 15.1. The Hall–Kier alpha value is -1.60. The third-order valence-corrected chi connectivity index (χ3v) is 6.33. The Balaban J connectivity index is 1.66. The number of rotatable bonds is 3. The van der Waals surface area contributed by atoms with Crippen LogP contribution in [0.3, 0.4) is 0 Å². The van der Waals surface area contributed by atoms with Gasteiger partial charge in [-0.25, -0.2) is 8.42 Å². The van der Waals surface area contributed by atoms with E-state index >= 15 is 0 Å². The zero-order valence-electron chi connectivity index (χ0n) is 14.3. The van der Waals surface area contributed by atoms with Crippen LogP contribution in [0.2, 0.25) is 0 Å². The molecule has 1 amide bonds. The number of hydrogen-bond acceptors (Lipinski definition) is 4. The molecule has 2 aliphatic heterocycles. The van der Waals surface area contributed by atoms with Crippen LogP contribution in [-0.4, -0.2) is 68.6 Å². The molecule has 1 atom stereocenters. The first-order chi connectivity index (χ1) is 11.4. The molecular weight excluding hydrogens is 326 g/mol. The van der Waals surface area contributed by atoms with Crippen molar-refractivity contribution in [1.29, 1.82) is 0 Å². The summed E-state index contributed by atoms with van der Waals surface area (Å²) < 4.78 is 24.6. The Morgan fingerprint density at radius 3 is 2.50 bits per heavy atom. The molecule has 24 heavy (non-hydrogen) atoms. The van der Waals surface area contributed by atoms with Crippen LogP contribution in [-0.2, 0) is 21.2 Å². The van der Waals surface area contributed by atoms with E-state index in [0.717, 1.165) is 18.5 Å². The number of nitrogens with zero attached hydrogens (tertiary/aromatic N) is 3. The van der Waals surface area contributed by atoms with E-state index < -0.39 is 10.0 Å². The van der Waals surface area contributed by atoms with Crippen molar-refractivity contribution in [2.75, 3.05) is 43.9 Å². The average molecular weight is 351 g/mol. The maximum absolute atomic E-state index is 12.7. The van der Waals surface area contributed by atoms with Crippen LogP contribution in [0.25, 0.3) is 0 Å². The fourth-order valence-electron chi connectivity index (χ4n) is 3.52. The summed E-state index contributed by atoms with van der Waals surface area (Å²) in [6.45, 7) is 4.22. The highest BCUT2D eigenvalue weighted by Gasteiger charge is 2.29. The van der Waals surface area contributed by atoms with Crippen LogP contribution in [0.5, 0.6) is 0 Å². The summed E-state index contributed by atoms with van der Waals surface area (Å²) in [7, 11) is -3.17. The van der Waals surface area contributed by atoms with Crippen LogP contribution in [0.1, 0.15) is 18.9 Å². The molecule has 2 heterocycles. The molecule has 0 spiro atoms. The standard InChI is InChI=1S/C17H25N3O3S/c1-14-7-8-15-5-3-4-6-16(15)20(14)13-17(21)18-9-11-19(12-10-18)24(2,22)23/h3-6,14H,7-13H2,1-2H3. The van der Waals surface area contributed by atoms with Crippen molar-refractivity contribution >= 4 is 21.6 Å². The molecule has 1 aromatic carbocycles. The van der Waals surface area contributed by atoms with Crippen molar-refractivity contribution < 1.29 is 13.2 Å². The van der Waals surface area contributed by atoms with Gasteiger partial charge in [-0.2, -0.15) is 4.31 Å². The molecule has 0 bridgehead atoms. The SMILES string of the molecule is CC1CCc2ccccc2N1CC(=O)N1CCN(S(C)(=O)=O)CC1. The fourth-order valence-corrected chi connectivity index (χ4v) is 4.34. The molecule has 2 aliphatic rings. The topological polar surface area (TPSA) is 60.9 Å². The van der Waals surface area contributed by atoms with Gasteiger partial charge in [-0.15, -0.1) is 0 Å². The lowest BCUT2D eigenvalue weighted by Gasteiger charge is -2.39. The van der Waals surface area contributed by atoms with Crippen LogP contribution >= 0.6 is 0 Å². The molecule has 6 nitrogen and oxygen atoms in total. The average Bonchev–Trinajstić information content (AvgIpc) is 2.56. The third-order valence-electron chi connectivity index (χ3n) is 5.03. The summed E-state index contributed by atoms with van der Waals surface area (Å²) in [5, 5.41) is 0. The maximum atomic E-state index is 12.7. The van der Waals surface area contributed by atoms with E-state index in [1.807, 2.05) is 12.1 Å². The van der Waals surface area contributed by atoms with E-state index in [1.54, 1.807) is 4.90 Å². The van der Waals surface area contributed by atoms with Crippen molar-refractivity contribution in [3.8, 4) is 0 Å². The number of anilines is 1. The Morgan fingerprint density at radius 1 is 1.17 bits per heavy atom. The van der Waals surface area contributed by atoms with Gasteiger partial charge in [-0.1, -0.05) is 18.2 Å². The quantitative estimate of drug-likeness (QED) is 0.813. The van der Waals surface area contributed by atoms with Crippen LogP contribution < -0.4 is 4.90 Å². The number of amides is 1. The number of aryl methyl sites for hydroxylation is 1. The van der Waals surface area contributed by atoms with E-state index in [2.05, 4.69) is 24.0 Å². The van der Waals surface area contributed by atoms with E-state index in [1.165, 1.54) is 16.1 Å². The summed E-state index contributed by atoms with van der Waals surface area (Å²) in [6.07, 6.45) is 3.32. The van der Waals surface area contributed by atoms with E-state index in [4.69, 9.17) is 0 Å². The molecule has 1 fully saturated rings. The smallest absolute Gasteiger partial charge is 0.242 e. The Bertz CT molecular complexity index is 712. The first-order valence-electron chi connectivity index (χ1n) is 8.43. The predicted octanol–water partition coefficient (Wildman–Crippen LogP) is 0.932. The Kier molecular flexibility index (Phi) is 4.83. The minimum Gasteiger partial charge on any atom is -0.359 e. The fraction of sp³-hybridized carbons (Fsp3) is 0.588. The van der Waals surface area contributed by atoms with Crippen LogP contribution in [0, 0.1) is 0 Å². The number of carbonyl (C=O) groups is 1. The molecule has 0 N–H and O–H groups in total. The lowest BCUT2D eigenvalue weighted by atomic mass is 9.96. The van der Waals surface area contributed by atoms with Gasteiger partial charge < -0.3 is 9.80 Å². The maximum Gasteiger partial charge on any atom is 0.242 e. The first kappa shape index (κ1) is 17.2. The predicted molar refractivity (Wildman–Crippen MR) is 94.6 cm³/mol. The van der Waals surface area contributed by atoms with Gasteiger partial charge in [-0.3, -0.25) is 4.79 Å². The number of sulfonamides is 1. The van der Waals surface area contributed by atoms with Crippen molar-refractivity contribution in [3.63, 3.8) is 0 Å². The minimum absolute atomic E-state index is 0.0757. The molecule has 7 heteroatoms. The number of hydrogen-bond donors (Lipinski definition) is 0. The molecule has 0 aromatic heterocycles.